The molecule has 1 heterocycles. The van der Waals surface area contributed by atoms with Gasteiger partial charge in [-0.05, 0) is 0 Å². The van der Waals surface area contributed by atoms with E-state index in [1.165, 1.54) is 3.97 Å². The van der Waals surface area contributed by atoms with Gasteiger partial charge in [0.05, 0.1) is 0 Å². The molecule has 0 saturated carbocycles. The molecule has 3 nitrogen and oxygen atoms in total. The van der Waals surface area contributed by atoms with Crippen LogP contribution >= 0.6 is 0 Å². The van der Waals surface area contributed by atoms with E-state index in [4.69, 9.17) is 0 Å². The third-order valence-electron chi connectivity index (χ3n) is 3.78. The fourth-order valence-corrected chi connectivity index (χ4v) is 4.83. The standard InChI is InChI=1S/C17H15NO2S.Rh/c1-12-8-10-15(11-9-12)21(19,20)18-14(3)13(2)16-6-4-5-7-17(16)18;/h3-11H,1-2H3;. The topological polar surface area (TPSA) is 39.1 Å². The first-order chi connectivity index (χ1) is 10.5. The van der Waals surface area contributed by atoms with Crippen molar-refractivity contribution in [2.75, 3.05) is 0 Å². The van der Waals surface area contributed by atoms with Crippen molar-refractivity contribution in [2.45, 2.75) is 18.7 Å². The normalized spacial score (nSPS) is 11.8. The van der Waals surface area contributed by atoms with Crippen LogP contribution in [0.3, 0.4) is 0 Å². The van der Waals surface area contributed by atoms with Gasteiger partial charge < -0.3 is 0 Å². The number of fused-ring (bicyclic) bond motifs is 1. The molecule has 0 unspecified atom stereocenters. The Morgan fingerprint density at radius 3 is 2.27 bits per heavy atom. The average Bonchev–Trinajstić information content (AvgIpc) is 2.81. The fourth-order valence-electron chi connectivity index (χ4n) is 2.57. The average molecular weight is 400 g/mol. The van der Waals surface area contributed by atoms with Crippen molar-refractivity contribution in [1.82, 2.24) is 3.97 Å². The molecule has 0 saturated heterocycles. The van der Waals surface area contributed by atoms with E-state index in [0.717, 1.165) is 16.5 Å². The van der Waals surface area contributed by atoms with Crippen LogP contribution in [0.4, 0.5) is 0 Å². The Balaban J connectivity index is 2.38. The fraction of sp³-hybridized carbons (Fsp3) is 0.118. The summed E-state index contributed by atoms with van der Waals surface area (Å²) < 4.78 is 29.3. The van der Waals surface area contributed by atoms with E-state index in [1.807, 2.05) is 50.2 Å². The first-order valence-corrected chi connectivity index (χ1v) is 9.18. The summed E-state index contributed by atoms with van der Waals surface area (Å²) in [5.74, 6) is 0. The predicted octanol–water partition coefficient (Wildman–Crippen LogP) is 3.19. The van der Waals surface area contributed by atoms with Gasteiger partial charge in [-0.25, -0.2) is 0 Å². The summed E-state index contributed by atoms with van der Waals surface area (Å²) in [4.78, 5) is 0.295. The summed E-state index contributed by atoms with van der Waals surface area (Å²) in [6.07, 6.45) is 0. The number of aryl methyl sites for hydroxylation is 2. The second kappa shape index (κ2) is 5.56. The molecule has 0 aliphatic heterocycles. The molecule has 5 heteroatoms. The summed E-state index contributed by atoms with van der Waals surface area (Å²) in [6.45, 7) is 3.88. The summed E-state index contributed by atoms with van der Waals surface area (Å²) in [7, 11) is -3.64. The third-order valence-corrected chi connectivity index (χ3v) is 5.97. The van der Waals surface area contributed by atoms with Gasteiger partial charge >= 0.3 is 140 Å². The molecule has 0 spiro atoms. The first kappa shape index (κ1) is 15.3. The van der Waals surface area contributed by atoms with Crippen LogP contribution in [-0.4, -0.2) is 17.0 Å². The van der Waals surface area contributed by atoms with E-state index < -0.39 is 10.0 Å². The summed E-state index contributed by atoms with van der Waals surface area (Å²) >= 11 is 2.71. The zero-order chi connectivity index (χ0) is 15.9. The first-order valence-electron chi connectivity index (χ1n) is 6.80. The Bertz CT molecular complexity index is 970. The molecule has 0 radical (unpaired) electrons. The molecule has 0 fully saturated rings. The van der Waals surface area contributed by atoms with Gasteiger partial charge in [0.25, 0.3) is 0 Å². The molecule has 115 valence electrons. The monoisotopic (exact) mass is 400 g/mol. The molecular weight excluding hydrogens is 385 g/mol. The molecular formula is C17H15NO2RhS. The molecule has 0 bridgehead atoms. The number of para-hydroxylation sites is 1. The van der Waals surface area contributed by atoms with Gasteiger partial charge in [-0.15, -0.1) is 0 Å². The number of aromatic nitrogens is 1. The second-order valence-corrected chi connectivity index (χ2v) is 7.47. The van der Waals surface area contributed by atoms with E-state index in [-0.39, 0.29) is 0 Å². The zero-order valence-corrected chi connectivity index (χ0v) is 14.7. The van der Waals surface area contributed by atoms with E-state index in [9.17, 15) is 8.42 Å². The molecule has 0 amide bonds. The van der Waals surface area contributed by atoms with Crippen LogP contribution in [0.25, 0.3) is 10.9 Å². The molecule has 0 aliphatic rings. The SMILES string of the molecule is Cc1ccc(S(=O)(=O)n2c([CH]=[Rh])c(C)c3ccccc32)cc1. The Kier molecular flexibility index (Phi) is 3.88. The van der Waals surface area contributed by atoms with Crippen molar-refractivity contribution < 1.29 is 26.3 Å². The predicted molar refractivity (Wildman–Crippen MR) is 85.6 cm³/mol. The Morgan fingerprint density at radius 1 is 1.00 bits per heavy atom. The van der Waals surface area contributed by atoms with Crippen molar-refractivity contribution in [3.05, 3.63) is 65.4 Å². The van der Waals surface area contributed by atoms with Gasteiger partial charge in [-0.1, -0.05) is 0 Å². The number of hydrogen-bond donors (Lipinski definition) is 0. The maximum atomic E-state index is 13.1. The van der Waals surface area contributed by atoms with E-state index in [0.29, 0.717) is 16.1 Å². The van der Waals surface area contributed by atoms with Gasteiger partial charge in [0.1, 0.15) is 0 Å². The Labute approximate surface area is 139 Å². The number of benzene rings is 2. The van der Waals surface area contributed by atoms with E-state index >= 15 is 0 Å². The Morgan fingerprint density at radius 2 is 1.64 bits per heavy atom. The van der Waals surface area contributed by atoms with Crippen LogP contribution in [0, 0.1) is 13.8 Å². The van der Waals surface area contributed by atoms with Crippen molar-refractivity contribution >= 4 is 25.5 Å². The van der Waals surface area contributed by atoms with Crippen LogP contribution in [-0.2, 0) is 27.9 Å². The molecule has 22 heavy (non-hydrogen) atoms. The Hall–Kier alpha value is -1.58. The van der Waals surface area contributed by atoms with Crippen molar-refractivity contribution in [1.29, 1.82) is 0 Å². The minimum atomic E-state index is -3.64. The summed E-state index contributed by atoms with van der Waals surface area (Å²) in [5.41, 5.74) is 3.36. The molecule has 1 aromatic heterocycles. The van der Waals surface area contributed by atoms with Gasteiger partial charge in [0.15, 0.2) is 0 Å². The summed E-state index contributed by atoms with van der Waals surface area (Å²) in [6, 6.07) is 14.5. The molecule has 0 atom stereocenters. The summed E-state index contributed by atoms with van der Waals surface area (Å²) in [5, 5.41) is 0.947. The number of hydrogen-bond acceptors (Lipinski definition) is 2. The van der Waals surface area contributed by atoms with Gasteiger partial charge in [0, 0.05) is 0 Å². The van der Waals surface area contributed by atoms with E-state index in [2.05, 4.69) is 17.9 Å². The van der Waals surface area contributed by atoms with Crippen LogP contribution in [0.5, 0.6) is 0 Å². The zero-order valence-electron chi connectivity index (χ0n) is 12.2. The van der Waals surface area contributed by atoms with Crippen molar-refractivity contribution in [2.24, 2.45) is 0 Å². The molecule has 2 aromatic carbocycles. The number of rotatable bonds is 3. The van der Waals surface area contributed by atoms with Crippen LogP contribution in [0.2, 0.25) is 0 Å². The molecule has 3 aromatic rings. The van der Waals surface area contributed by atoms with Crippen LogP contribution in [0.15, 0.2) is 53.4 Å². The minimum absolute atomic E-state index is 0.295. The number of nitrogens with zero attached hydrogens (tertiary/aromatic N) is 1. The van der Waals surface area contributed by atoms with E-state index in [1.54, 1.807) is 16.7 Å². The van der Waals surface area contributed by atoms with Crippen LogP contribution < -0.4 is 0 Å². The van der Waals surface area contributed by atoms with Crippen molar-refractivity contribution in [3.63, 3.8) is 0 Å². The second-order valence-electron chi connectivity index (χ2n) is 5.21. The molecule has 0 aliphatic carbocycles. The quantitative estimate of drug-likeness (QED) is 0.634. The van der Waals surface area contributed by atoms with Crippen molar-refractivity contribution in [3.8, 4) is 0 Å². The maximum absolute atomic E-state index is 13.1. The third kappa shape index (κ3) is 2.29. The molecule has 0 N–H and O–H groups in total. The van der Waals surface area contributed by atoms with Crippen LogP contribution in [0.1, 0.15) is 16.8 Å². The van der Waals surface area contributed by atoms with Gasteiger partial charge in [-0.3, -0.25) is 0 Å². The van der Waals surface area contributed by atoms with Gasteiger partial charge in [-0.2, -0.15) is 0 Å². The molecule has 3 rings (SSSR count). The van der Waals surface area contributed by atoms with Gasteiger partial charge in [0.2, 0.25) is 0 Å².